The van der Waals surface area contributed by atoms with Crippen molar-refractivity contribution < 1.29 is 45.3 Å². The van der Waals surface area contributed by atoms with Gasteiger partial charge in [-0.3, -0.25) is 0 Å². The standard InChI is InChI=1S/C16H12F6O4/c1-23-11-4-3-5-12(24-2)14(11)10-7-6-9(25-15(17,18)19)8-13(10)26-16(20,21)22/h3-8H,1-2H3. The van der Waals surface area contributed by atoms with E-state index in [-0.39, 0.29) is 22.6 Å². The Labute approximate surface area is 143 Å². The molecule has 0 saturated heterocycles. The molecule has 10 heteroatoms. The van der Waals surface area contributed by atoms with Gasteiger partial charge in [0.15, 0.2) is 0 Å². The first kappa shape index (κ1) is 19.5. The Kier molecular flexibility index (Phi) is 5.43. The number of benzene rings is 2. The lowest BCUT2D eigenvalue weighted by atomic mass is 10.0. The summed E-state index contributed by atoms with van der Waals surface area (Å²) in [5, 5.41) is 0. The van der Waals surface area contributed by atoms with Gasteiger partial charge in [0.1, 0.15) is 23.0 Å². The zero-order chi connectivity index (χ0) is 19.5. The third-order valence-corrected chi connectivity index (χ3v) is 3.11. The van der Waals surface area contributed by atoms with Crippen molar-refractivity contribution in [1.82, 2.24) is 0 Å². The van der Waals surface area contributed by atoms with Crippen molar-refractivity contribution in [1.29, 1.82) is 0 Å². The number of ether oxygens (including phenoxy) is 4. The minimum absolute atomic E-state index is 0.0790. The van der Waals surface area contributed by atoms with Crippen molar-refractivity contribution in [2.45, 2.75) is 12.7 Å². The van der Waals surface area contributed by atoms with Crippen molar-refractivity contribution in [2.75, 3.05) is 14.2 Å². The Morgan fingerprint density at radius 3 is 1.69 bits per heavy atom. The second-order valence-corrected chi connectivity index (χ2v) is 4.79. The number of hydrogen-bond donors (Lipinski definition) is 0. The fourth-order valence-corrected chi connectivity index (χ4v) is 2.23. The van der Waals surface area contributed by atoms with Gasteiger partial charge in [0.2, 0.25) is 0 Å². The van der Waals surface area contributed by atoms with Crippen molar-refractivity contribution in [2.24, 2.45) is 0 Å². The van der Waals surface area contributed by atoms with E-state index in [0.29, 0.717) is 6.07 Å². The molecule has 0 atom stereocenters. The number of halogens is 6. The second kappa shape index (κ2) is 7.22. The fourth-order valence-electron chi connectivity index (χ4n) is 2.23. The van der Waals surface area contributed by atoms with Crippen LogP contribution in [0.5, 0.6) is 23.0 Å². The van der Waals surface area contributed by atoms with E-state index in [0.717, 1.165) is 12.1 Å². The van der Waals surface area contributed by atoms with Gasteiger partial charge in [-0.05, 0) is 24.3 Å². The van der Waals surface area contributed by atoms with Crippen LogP contribution in [0.15, 0.2) is 36.4 Å². The van der Waals surface area contributed by atoms with Gasteiger partial charge in [-0.1, -0.05) is 6.07 Å². The van der Waals surface area contributed by atoms with Crippen LogP contribution in [-0.2, 0) is 0 Å². The monoisotopic (exact) mass is 382 g/mol. The van der Waals surface area contributed by atoms with Crippen molar-refractivity contribution >= 4 is 0 Å². The minimum atomic E-state index is -5.14. The molecule has 142 valence electrons. The minimum Gasteiger partial charge on any atom is -0.496 e. The maximum atomic E-state index is 12.7. The van der Waals surface area contributed by atoms with E-state index in [1.54, 1.807) is 0 Å². The third kappa shape index (κ3) is 4.87. The van der Waals surface area contributed by atoms with Gasteiger partial charge in [0.25, 0.3) is 0 Å². The Bertz CT molecular complexity index is 748. The van der Waals surface area contributed by atoms with E-state index in [9.17, 15) is 26.3 Å². The number of hydrogen-bond acceptors (Lipinski definition) is 4. The molecule has 0 amide bonds. The lowest BCUT2D eigenvalue weighted by molar-refractivity contribution is -0.276. The topological polar surface area (TPSA) is 36.9 Å². The first-order valence-electron chi connectivity index (χ1n) is 6.91. The summed E-state index contributed by atoms with van der Waals surface area (Å²) in [6.45, 7) is 0. The Morgan fingerprint density at radius 2 is 1.23 bits per heavy atom. The first-order chi connectivity index (χ1) is 12.0. The molecule has 26 heavy (non-hydrogen) atoms. The molecule has 0 saturated carbocycles. The summed E-state index contributed by atoms with van der Waals surface area (Å²) in [6, 6.07) is 6.78. The zero-order valence-electron chi connectivity index (χ0n) is 13.4. The molecule has 0 bridgehead atoms. The molecule has 0 aromatic heterocycles. The molecule has 0 aliphatic rings. The summed E-state index contributed by atoms with van der Waals surface area (Å²) >= 11 is 0. The average Bonchev–Trinajstić information content (AvgIpc) is 2.51. The number of rotatable bonds is 5. The van der Waals surface area contributed by atoms with Gasteiger partial charge in [-0.2, -0.15) is 0 Å². The van der Waals surface area contributed by atoms with E-state index in [4.69, 9.17) is 9.47 Å². The Morgan fingerprint density at radius 1 is 0.692 bits per heavy atom. The lowest BCUT2D eigenvalue weighted by Gasteiger charge is -2.19. The largest absolute Gasteiger partial charge is 0.573 e. The molecule has 4 nitrogen and oxygen atoms in total. The maximum absolute atomic E-state index is 12.7. The molecular formula is C16H12F6O4. The van der Waals surface area contributed by atoms with E-state index < -0.39 is 24.2 Å². The molecule has 0 N–H and O–H groups in total. The van der Waals surface area contributed by atoms with Crippen LogP contribution in [0.2, 0.25) is 0 Å². The predicted octanol–water partition coefficient (Wildman–Crippen LogP) is 5.17. The molecule has 0 heterocycles. The van der Waals surface area contributed by atoms with Crippen LogP contribution in [0.3, 0.4) is 0 Å². The smallest absolute Gasteiger partial charge is 0.496 e. The van der Waals surface area contributed by atoms with E-state index in [1.807, 2.05) is 0 Å². The summed E-state index contributed by atoms with van der Waals surface area (Å²) in [6.07, 6.45) is -10.2. The van der Waals surface area contributed by atoms with Crippen LogP contribution < -0.4 is 18.9 Å². The summed E-state index contributed by atoms with van der Waals surface area (Å²) in [7, 11) is 2.56. The second-order valence-electron chi connectivity index (χ2n) is 4.79. The van der Waals surface area contributed by atoms with Crippen molar-refractivity contribution in [3.63, 3.8) is 0 Å². The average molecular weight is 382 g/mol. The summed E-state index contributed by atoms with van der Waals surface area (Å²) < 4.78 is 93.0. The highest BCUT2D eigenvalue weighted by molar-refractivity contribution is 5.81. The van der Waals surface area contributed by atoms with Gasteiger partial charge in [0, 0.05) is 11.6 Å². The van der Waals surface area contributed by atoms with Crippen LogP contribution in [0.4, 0.5) is 26.3 Å². The molecule has 0 radical (unpaired) electrons. The molecule has 0 aliphatic carbocycles. The highest BCUT2D eigenvalue weighted by Crippen LogP contribution is 2.45. The van der Waals surface area contributed by atoms with Crippen LogP contribution >= 0.6 is 0 Å². The molecule has 0 unspecified atom stereocenters. The summed E-state index contributed by atoms with van der Waals surface area (Å²) in [5.74, 6) is -1.49. The Balaban J connectivity index is 2.65. The van der Waals surface area contributed by atoms with Gasteiger partial charge >= 0.3 is 12.7 Å². The van der Waals surface area contributed by atoms with Crippen LogP contribution in [0.1, 0.15) is 0 Å². The lowest BCUT2D eigenvalue weighted by Crippen LogP contribution is -2.19. The van der Waals surface area contributed by atoms with Gasteiger partial charge in [0.05, 0.1) is 19.8 Å². The summed E-state index contributed by atoms with van der Waals surface area (Å²) in [4.78, 5) is 0. The van der Waals surface area contributed by atoms with E-state index in [1.165, 1.54) is 32.4 Å². The molecule has 0 fully saturated rings. The number of methoxy groups -OCH3 is 2. The van der Waals surface area contributed by atoms with Crippen molar-refractivity contribution in [3.8, 4) is 34.1 Å². The van der Waals surface area contributed by atoms with Crippen LogP contribution in [0.25, 0.3) is 11.1 Å². The fraction of sp³-hybridized carbons (Fsp3) is 0.250. The van der Waals surface area contributed by atoms with Gasteiger partial charge in [-0.15, -0.1) is 26.3 Å². The molecule has 0 spiro atoms. The van der Waals surface area contributed by atoms with Crippen molar-refractivity contribution in [3.05, 3.63) is 36.4 Å². The quantitative estimate of drug-likeness (QED) is 0.669. The molecule has 2 aromatic rings. The highest BCUT2D eigenvalue weighted by atomic mass is 19.4. The molecule has 0 aliphatic heterocycles. The van der Waals surface area contributed by atoms with Crippen LogP contribution in [-0.4, -0.2) is 26.9 Å². The van der Waals surface area contributed by atoms with Crippen LogP contribution in [0, 0.1) is 0 Å². The molecule has 2 aromatic carbocycles. The third-order valence-electron chi connectivity index (χ3n) is 3.11. The normalized spacial score (nSPS) is 11.8. The molecule has 2 rings (SSSR count). The molecular weight excluding hydrogens is 370 g/mol. The first-order valence-corrected chi connectivity index (χ1v) is 6.91. The van der Waals surface area contributed by atoms with E-state index >= 15 is 0 Å². The van der Waals surface area contributed by atoms with Gasteiger partial charge in [-0.25, -0.2) is 0 Å². The predicted molar refractivity (Wildman–Crippen MR) is 78.3 cm³/mol. The zero-order valence-corrected chi connectivity index (χ0v) is 13.4. The van der Waals surface area contributed by atoms with Gasteiger partial charge < -0.3 is 18.9 Å². The Hall–Kier alpha value is -2.78. The highest BCUT2D eigenvalue weighted by Gasteiger charge is 2.35. The number of alkyl halides is 6. The SMILES string of the molecule is COc1cccc(OC)c1-c1ccc(OC(F)(F)F)cc1OC(F)(F)F. The summed E-state index contributed by atoms with van der Waals surface area (Å²) in [5.41, 5.74) is -0.110. The maximum Gasteiger partial charge on any atom is 0.573 e. The van der Waals surface area contributed by atoms with E-state index in [2.05, 4.69) is 9.47 Å².